The molecule has 2 aliphatic heterocycles. The molecule has 3 atom stereocenters. The van der Waals surface area contributed by atoms with E-state index in [2.05, 4.69) is 23.6 Å². The smallest absolute Gasteiger partial charge is 0.0235 e. The summed E-state index contributed by atoms with van der Waals surface area (Å²) >= 11 is 0. The molecular formula is C18H35N3. The predicted molar refractivity (Wildman–Crippen MR) is 89.3 cm³/mol. The lowest BCUT2D eigenvalue weighted by Crippen LogP contribution is -2.47. The van der Waals surface area contributed by atoms with Crippen LogP contribution in [0.25, 0.3) is 0 Å². The van der Waals surface area contributed by atoms with Crippen molar-refractivity contribution in [3.05, 3.63) is 0 Å². The first-order chi connectivity index (χ1) is 10.1. The first-order valence-electron chi connectivity index (χ1n) is 9.37. The van der Waals surface area contributed by atoms with E-state index in [4.69, 9.17) is 5.73 Å². The van der Waals surface area contributed by atoms with Gasteiger partial charge in [0.05, 0.1) is 0 Å². The summed E-state index contributed by atoms with van der Waals surface area (Å²) in [6.07, 6.45) is 9.61. The van der Waals surface area contributed by atoms with Crippen LogP contribution in [0.2, 0.25) is 0 Å². The molecule has 0 aromatic carbocycles. The molecule has 122 valence electrons. The summed E-state index contributed by atoms with van der Waals surface area (Å²) in [6, 6.07) is 2.16. The van der Waals surface area contributed by atoms with Gasteiger partial charge in [0.15, 0.2) is 0 Å². The molecule has 2 heterocycles. The van der Waals surface area contributed by atoms with Gasteiger partial charge in [0, 0.05) is 31.2 Å². The van der Waals surface area contributed by atoms with Crippen LogP contribution < -0.4 is 5.73 Å². The summed E-state index contributed by atoms with van der Waals surface area (Å²) in [4.78, 5) is 5.56. The highest BCUT2D eigenvalue weighted by Gasteiger charge is 2.35. The summed E-state index contributed by atoms with van der Waals surface area (Å²) in [5.41, 5.74) is 6.05. The van der Waals surface area contributed by atoms with Crippen molar-refractivity contribution in [1.82, 2.24) is 9.80 Å². The summed E-state index contributed by atoms with van der Waals surface area (Å²) < 4.78 is 0. The van der Waals surface area contributed by atoms with Crippen molar-refractivity contribution >= 4 is 0 Å². The van der Waals surface area contributed by atoms with E-state index in [1.54, 1.807) is 0 Å². The van der Waals surface area contributed by atoms with Crippen LogP contribution in [0.3, 0.4) is 0 Å². The number of nitrogens with zero attached hydrogens (tertiary/aromatic N) is 2. The van der Waals surface area contributed by atoms with Crippen LogP contribution in [0, 0.1) is 11.8 Å². The molecule has 0 spiro atoms. The fourth-order valence-electron chi connectivity index (χ4n) is 4.82. The topological polar surface area (TPSA) is 32.5 Å². The number of nitrogens with two attached hydrogens (primary N) is 1. The van der Waals surface area contributed by atoms with Gasteiger partial charge in [0.1, 0.15) is 0 Å². The highest BCUT2D eigenvalue weighted by molar-refractivity contribution is 4.91. The van der Waals surface area contributed by atoms with Crippen LogP contribution in [0.15, 0.2) is 0 Å². The number of hydrogen-bond acceptors (Lipinski definition) is 3. The molecule has 0 aromatic heterocycles. The molecule has 3 heteroatoms. The van der Waals surface area contributed by atoms with Crippen molar-refractivity contribution in [2.24, 2.45) is 17.6 Å². The van der Waals surface area contributed by atoms with E-state index in [0.717, 1.165) is 23.9 Å². The zero-order chi connectivity index (χ0) is 14.8. The first kappa shape index (κ1) is 15.8. The standard InChI is InChI=1S/C18H35N3/c1-14(2)15-4-3-5-17(12-15)21-11-8-18(13-21)20-9-6-16(19)7-10-20/h14-18H,3-13,19H2,1-2H3. The number of rotatable bonds is 3. The van der Waals surface area contributed by atoms with E-state index in [1.807, 2.05) is 0 Å². The molecule has 1 saturated carbocycles. The molecule has 1 aliphatic carbocycles. The Labute approximate surface area is 131 Å². The SMILES string of the molecule is CC(C)C1CCCC(N2CCC(N3CCC(N)CC3)C2)C1. The van der Waals surface area contributed by atoms with Crippen LogP contribution in [0.4, 0.5) is 0 Å². The minimum absolute atomic E-state index is 0.462. The van der Waals surface area contributed by atoms with Gasteiger partial charge in [-0.1, -0.05) is 26.7 Å². The average molecular weight is 293 g/mol. The van der Waals surface area contributed by atoms with E-state index >= 15 is 0 Å². The third kappa shape index (κ3) is 3.80. The Kier molecular flexibility index (Phi) is 5.23. The fraction of sp³-hybridized carbons (Fsp3) is 1.00. The third-order valence-corrected chi connectivity index (χ3v) is 6.43. The quantitative estimate of drug-likeness (QED) is 0.868. The maximum Gasteiger partial charge on any atom is 0.0235 e. The molecule has 2 N–H and O–H groups in total. The lowest BCUT2D eigenvalue weighted by atomic mass is 9.79. The molecule has 3 rings (SSSR count). The minimum atomic E-state index is 0.462. The molecule has 0 amide bonds. The average Bonchev–Trinajstić information content (AvgIpc) is 2.98. The Hall–Kier alpha value is -0.120. The molecular weight excluding hydrogens is 258 g/mol. The molecule has 3 fully saturated rings. The lowest BCUT2D eigenvalue weighted by Gasteiger charge is -2.38. The zero-order valence-corrected chi connectivity index (χ0v) is 14.1. The Bertz CT molecular complexity index is 322. The summed E-state index contributed by atoms with van der Waals surface area (Å²) in [5.74, 6) is 1.84. The highest BCUT2D eigenvalue weighted by Crippen LogP contribution is 2.34. The molecule has 3 nitrogen and oxygen atoms in total. The van der Waals surface area contributed by atoms with E-state index in [1.165, 1.54) is 71.1 Å². The van der Waals surface area contributed by atoms with Gasteiger partial charge in [0.25, 0.3) is 0 Å². The second-order valence-electron chi connectivity index (χ2n) is 8.14. The molecule has 3 aliphatic rings. The van der Waals surface area contributed by atoms with Crippen LogP contribution in [0.5, 0.6) is 0 Å². The molecule has 21 heavy (non-hydrogen) atoms. The summed E-state index contributed by atoms with van der Waals surface area (Å²) in [6.45, 7) is 9.96. The van der Waals surface area contributed by atoms with Crippen molar-refractivity contribution in [1.29, 1.82) is 0 Å². The van der Waals surface area contributed by atoms with Crippen molar-refractivity contribution < 1.29 is 0 Å². The van der Waals surface area contributed by atoms with Crippen molar-refractivity contribution in [2.75, 3.05) is 26.2 Å². The van der Waals surface area contributed by atoms with Crippen LogP contribution in [-0.4, -0.2) is 54.1 Å². The largest absolute Gasteiger partial charge is 0.328 e. The second kappa shape index (κ2) is 6.97. The van der Waals surface area contributed by atoms with Gasteiger partial charge in [-0.05, 0) is 57.0 Å². The Morgan fingerprint density at radius 2 is 1.57 bits per heavy atom. The Balaban J connectivity index is 1.50. The first-order valence-corrected chi connectivity index (χ1v) is 9.37. The van der Waals surface area contributed by atoms with Gasteiger partial charge in [0.2, 0.25) is 0 Å². The van der Waals surface area contributed by atoms with Crippen LogP contribution in [-0.2, 0) is 0 Å². The maximum atomic E-state index is 6.05. The summed E-state index contributed by atoms with van der Waals surface area (Å²) in [7, 11) is 0. The Morgan fingerprint density at radius 3 is 2.29 bits per heavy atom. The maximum absolute atomic E-state index is 6.05. The van der Waals surface area contributed by atoms with Crippen molar-refractivity contribution in [2.45, 2.75) is 76.9 Å². The van der Waals surface area contributed by atoms with Crippen molar-refractivity contribution in [3.8, 4) is 0 Å². The van der Waals surface area contributed by atoms with Crippen molar-refractivity contribution in [3.63, 3.8) is 0 Å². The fourth-order valence-corrected chi connectivity index (χ4v) is 4.82. The Morgan fingerprint density at radius 1 is 0.857 bits per heavy atom. The van der Waals surface area contributed by atoms with Gasteiger partial charge in [-0.25, -0.2) is 0 Å². The third-order valence-electron chi connectivity index (χ3n) is 6.43. The lowest BCUT2D eigenvalue weighted by molar-refractivity contribution is 0.113. The van der Waals surface area contributed by atoms with Gasteiger partial charge >= 0.3 is 0 Å². The number of likely N-dealkylation sites (tertiary alicyclic amines) is 2. The molecule has 0 aromatic rings. The predicted octanol–water partition coefficient (Wildman–Crippen LogP) is 2.70. The number of hydrogen-bond donors (Lipinski definition) is 1. The minimum Gasteiger partial charge on any atom is -0.328 e. The number of piperidine rings is 1. The monoisotopic (exact) mass is 293 g/mol. The zero-order valence-electron chi connectivity index (χ0n) is 14.1. The van der Waals surface area contributed by atoms with Gasteiger partial charge in [-0.2, -0.15) is 0 Å². The molecule has 0 radical (unpaired) electrons. The van der Waals surface area contributed by atoms with Gasteiger partial charge < -0.3 is 5.73 Å². The van der Waals surface area contributed by atoms with E-state index in [9.17, 15) is 0 Å². The molecule has 0 bridgehead atoms. The van der Waals surface area contributed by atoms with E-state index in [0.29, 0.717) is 6.04 Å². The highest BCUT2D eigenvalue weighted by atomic mass is 15.3. The van der Waals surface area contributed by atoms with Crippen LogP contribution >= 0.6 is 0 Å². The van der Waals surface area contributed by atoms with Crippen LogP contribution in [0.1, 0.15) is 58.8 Å². The molecule has 2 saturated heterocycles. The van der Waals surface area contributed by atoms with Gasteiger partial charge in [-0.3, -0.25) is 9.80 Å². The van der Waals surface area contributed by atoms with Gasteiger partial charge in [-0.15, -0.1) is 0 Å². The van der Waals surface area contributed by atoms with E-state index in [-0.39, 0.29) is 0 Å². The normalized spacial score (nSPS) is 37.4. The summed E-state index contributed by atoms with van der Waals surface area (Å²) in [5, 5.41) is 0. The molecule has 3 unspecified atom stereocenters. The second-order valence-corrected chi connectivity index (χ2v) is 8.14. The van der Waals surface area contributed by atoms with E-state index < -0.39 is 0 Å².